The number of hydrogen-bond acceptors (Lipinski definition) is 4. The minimum absolute atomic E-state index is 0.111. The van der Waals surface area contributed by atoms with E-state index in [1.165, 1.54) is 0 Å². The van der Waals surface area contributed by atoms with Crippen molar-refractivity contribution < 1.29 is 4.79 Å². The molecule has 0 aliphatic heterocycles. The average Bonchev–Trinajstić information content (AvgIpc) is 2.67. The summed E-state index contributed by atoms with van der Waals surface area (Å²) in [6.45, 7) is 1.48. The zero-order valence-corrected chi connectivity index (χ0v) is 10.0. The molecule has 1 aromatic heterocycles. The summed E-state index contributed by atoms with van der Waals surface area (Å²) in [6, 6.07) is 0. The van der Waals surface area contributed by atoms with Gasteiger partial charge in [-0.1, -0.05) is 0 Å². The smallest absolute Gasteiger partial charge is 0.221 e. The maximum absolute atomic E-state index is 11.3. The van der Waals surface area contributed by atoms with Crippen molar-refractivity contribution in [2.24, 2.45) is 0 Å². The van der Waals surface area contributed by atoms with Gasteiger partial charge in [0, 0.05) is 37.5 Å². The van der Waals surface area contributed by atoms with E-state index in [9.17, 15) is 4.79 Å². The molecule has 4 nitrogen and oxygen atoms in total. The van der Waals surface area contributed by atoms with Crippen LogP contribution >= 0.6 is 11.3 Å². The molecule has 1 amide bonds. The summed E-state index contributed by atoms with van der Waals surface area (Å²) >= 11 is 1.62. The van der Waals surface area contributed by atoms with Crippen molar-refractivity contribution in [2.45, 2.75) is 12.8 Å². The number of nitrogens with one attached hydrogen (secondary N) is 1. The van der Waals surface area contributed by atoms with Crippen LogP contribution < -0.4 is 5.32 Å². The Morgan fingerprint density at radius 1 is 1.60 bits per heavy atom. The zero-order chi connectivity index (χ0) is 11.1. The van der Waals surface area contributed by atoms with Gasteiger partial charge in [-0.3, -0.25) is 4.79 Å². The average molecular weight is 227 g/mol. The molecule has 15 heavy (non-hydrogen) atoms. The Labute approximate surface area is 94.3 Å². The van der Waals surface area contributed by atoms with Gasteiger partial charge in [0.25, 0.3) is 0 Å². The second-order valence-corrected chi connectivity index (χ2v) is 4.56. The van der Waals surface area contributed by atoms with Crippen LogP contribution in [0, 0.1) is 0 Å². The molecule has 0 bridgehead atoms. The fraction of sp³-hybridized carbons (Fsp3) is 0.600. The van der Waals surface area contributed by atoms with E-state index in [0.29, 0.717) is 13.0 Å². The maximum Gasteiger partial charge on any atom is 0.221 e. The van der Waals surface area contributed by atoms with E-state index in [0.717, 1.165) is 18.0 Å². The van der Waals surface area contributed by atoms with Gasteiger partial charge >= 0.3 is 0 Å². The predicted octanol–water partition coefficient (Wildman–Crippen LogP) is 0.753. The van der Waals surface area contributed by atoms with Gasteiger partial charge in [-0.15, -0.1) is 11.3 Å². The monoisotopic (exact) mass is 227 g/mol. The number of nitrogens with zero attached hydrogens (tertiary/aromatic N) is 2. The number of hydrogen-bond donors (Lipinski definition) is 1. The van der Waals surface area contributed by atoms with Gasteiger partial charge in [0.1, 0.15) is 0 Å². The molecule has 1 aromatic rings. The summed E-state index contributed by atoms with van der Waals surface area (Å²) in [5.74, 6) is 0.111. The lowest BCUT2D eigenvalue weighted by Crippen LogP contribution is -2.28. The van der Waals surface area contributed by atoms with Crippen LogP contribution in [0.25, 0.3) is 0 Å². The van der Waals surface area contributed by atoms with Crippen molar-refractivity contribution in [3.8, 4) is 0 Å². The topological polar surface area (TPSA) is 45.2 Å². The Morgan fingerprint density at radius 2 is 2.40 bits per heavy atom. The van der Waals surface area contributed by atoms with Crippen LogP contribution in [0.4, 0.5) is 0 Å². The van der Waals surface area contributed by atoms with Crippen LogP contribution in [-0.2, 0) is 11.2 Å². The van der Waals surface area contributed by atoms with Crippen LogP contribution in [0.15, 0.2) is 11.6 Å². The minimum Gasteiger partial charge on any atom is -0.356 e. The fourth-order valence-electron chi connectivity index (χ4n) is 1.10. The van der Waals surface area contributed by atoms with E-state index in [2.05, 4.69) is 10.3 Å². The molecule has 0 saturated heterocycles. The highest BCUT2D eigenvalue weighted by Crippen LogP contribution is 2.03. The van der Waals surface area contributed by atoms with Gasteiger partial charge in [0.15, 0.2) is 0 Å². The standard InChI is InChI=1S/C10H17N3OS/c1-13(2)7-4-9(14)11-5-3-10-12-6-8-15-10/h6,8H,3-5,7H2,1-2H3,(H,11,14). The quantitative estimate of drug-likeness (QED) is 0.780. The van der Waals surface area contributed by atoms with Gasteiger partial charge in [0.2, 0.25) is 5.91 Å². The zero-order valence-electron chi connectivity index (χ0n) is 9.19. The summed E-state index contributed by atoms with van der Waals surface area (Å²) in [4.78, 5) is 17.5. The molecule has 0 aliphatic carbocycles. The van der Waals surface area contributed by atoms with Gasteiger partial charge < -0.3 is 10.2 Å². The van der Waals surface area contributed by atoms with Crippen molar-refractivity contribution in [3.05, 3.63) is 16.6 Å². The minimum atomic E-state index is 0.111. The summed E-state index contributed by atoms with van der Waals surface area (Å²) in [6.07, 6.45) is 3.17. The summed E-state index contributed by atoms with van der Waals surface area (Å²) in [5.41, 5.74) is 0. The molecular formula is C10H17N3OS. The van der Waals surface area contributed by atoms with Crippen LogP contribution in [0.1, 0.15) is 11.4 Å². The Balaban J connectivity index is 2.07. The molecular weight excluding hydrogens is 210 g/mol. The third-order valence-electron chi connectivity index (χ3n) is 1.93. The Bertz CT molecular complexity index is 285. The summed E-state index contributed by atoms with van der Waals surface area (Å²) in [7, 11) is 3.92. The molecule has 1 heterocycles. The van der Waals surface area contributed by atoms with Crippen molar-refractivity contribution in [2.75, 3.05) is 27.2 Å². The lowest BCUT2D eigenvalue weighted by Gasteiger charge is -2.08. The van der Waals surface area contributed by atoms with Gasteiger partial charge in [-0.05, 0) is 14.1 Å². The highest BCUT2D eigenvalue weighted by Gasteiger charge is 2.02. The molecule has 0 fully saturated rings. The first-order valence-corrected chi connectivity index (χ1v) is 5.86. The Kier molecular flexibility index (Phi) is 5.28. The Hall–Kier alpha value is -0.940. The van der Waals surface area contributed by atoms with Crippen LogP contribution in [0.5, 0.6) is 0 Å². The lowest BCUT2D eigenvalue weighted by atomic mass is 10.3. The molecule has 0 radical (unpaired) electrons. The van der Waals surface area contributed by atoms with Gasteiger partial charge in [-0.25, -0.2) is 4.98 Å². The van der Waals surface area contributed by atoms with E-state index in [1.54, 1.807) is 17.5 Å². The number of carbonyl (C=O) groups is 1. The SMILES string of the molecule is CN(C)CCC(=O)NCCc1nccs1. The summed E-state index contributed by atoms with van der Waals surface area (Å²) < 4.78 is 0. The number of carbonyl (C=O) groups excluding carboxylic acids is 1. The first-order valence-electron chi connectivity index (χ1n) is 4.98. The van der Waals surface area contributed by atoms with E-state index < -0.39 is 0 Å². The molecule has 1 N–H and O–H groups in total. The second-order valence-electron chi connectivity index (χ2n) is 3.58. The molecule has 84 valence electrons. The third kappa shape index (κ3) is 5.49. The lowest BCUT2D eigenvalue weighted by molar-refractivity contribution is -0.121. The number of rotatable bonds is 6. The van der Waals surface area contributed by atoms with Crippen LogP contribution in [-0.4, -0.2) is 43.0 Å². The third-order valence-corrected chi connectivity index (χ3v) is 2.77. The molecule has 5 heteroatoms. The van der Waals surface area contributed by atoms with Crippen molar-refractivity contribution in [3.63, 3.8) is 0 Å². The highest BCUT2D eigenvalue weighted by atomic mass is 32.1. The maximum atomic E-state index is 11.3. The van der Waals surface area contributed by atoms with E-state index in [1.807, 2.05) is 24.4 Å². The molecule has 0 spiro atoms. The molecule has 0 aliphatic rings. The van der Waals surface area contributed by atoms with Gasteiger partial charge in [0.05, 0.1) is 5.01 Å². The first-order chi connectivity index (χ1) is 7.18. The summed E-state index contributed by atoms with van der Waals surface area (Å²) in [5, 5.41) is 5.90. The molecule has 1 rings (SSSR count). The molecule has 0 atom stereocenters. The molecule has 0 aromatic carbocycles. The highest BCUT2D eigenvalue weighted by molar-refractivity contribution is 7.09. The van der Waals surface area contributed by atoms with Gasteiger partial charge in [-0.2, -0.15) is 0 Å². The fourth-order valence-corrected chi connectivity index (χ4v) is 1.72. The van der Waals surface area contributed by atoms with E-state index in [4.69, 9.17) is 0 Å². The van der Waals surface area contributed by atoms with Crippen molar-refractivity contribution in [1.29, 1.82) is 0 Å². The first kappa shape index (κ1) is 12.1. The molecule has 0 unspecified atom stereocenters. The predicted molar refractivity (Wildman–Crippen MR) is 62.0 cm³/mol. The molecule has 0 saturated carbocycles. The second kappa shape index (κ2) is 6.53. The number of amides is 1. The Morgan fingerprint density at radius 3 is 3.00 bits per heavy atom. The number of aromatic nitrogens is 1. The van der Waals surface area contributed by atoms with E-state index in [-0.39, 0.29) is 5.91 Å². The van der Waals surface area contributed by atoms with E-state index >= 15 is 0 Å². The van der Waals surface area contributed by atoms with Crippen LogP contribution in [0.3, 0.4) is 0 Å². The number of thiazole rings is 1. The normalized spacial score (nSPS) is 10.6. The van der Waals surface area contributed by atoms with Crippen molar-refractivity contribution >= 4 is 17.2 Å². The van der Waals surface area contributed by atoms with Crippen molar-refractivity contribution in [1.82, 2.24) is 15.2 Å². The van der Waals surface area contributed by atoms with Crippen LogP contribution in [0.2, 0.25) is 0 Å². The largest absolute Gasteiger partial charge is 0.356 e.